The van der Waals surface area contributed by atoms with E-state index in [1.165, 1.54) is 23.5 Å². The van der Waals surface area contributed by atoms with Gasteiger partial charge in [0.25, 0.3) is 5.91 Å². The fraction of sp³-hybridized carbons (Fsp3) is 0.185. The summed E-state index contributed by atoms with van der Waals surface area (Å²) in [6, 6.07) is 15.2. The highest BCUT2D eigenvalue weighted by Crippen LogP contribution is 2.33. The Morgan fingerprint density at radius 3 is 2.60 bits per heavy atom. The highest BCUT2D eigenvalue weighted by molar-refractivity contribution is 7.21. The van der Waals surface area contributed by atoms with Crippen molar-refractivity contribution < 1.29 is 23.8 Å². The minimum Gasteiger partial charge on any atom is -0.481 e. The minimum atomic E-state index is -0.851. The number of carbonyl (C=O) groups excluding carboxylic acids is 1. The summed E-state index contributed by atoms with van der Waals surface area (Å²) in [5.41, 5.74) is 3.23. The molecule has 0 radical (unpaired) electrons. The number of aryl methyl sites for hydroxylation is 3. The van der Waals surface area contributed by atoms with Crippen molar-refractivity contribution in [1.82, 2.24) is 5.32 Å². The largest absolute Gasteiger partial charge is 0.481 e. The van der Waals surface area contributed by atoms with Crippen molar-refractivity contribution >= 4 is 44.9 Å². The third kappa shape index (κ3) is 5.99. The number of carboxylic acids is 1. The van der Waals surface area contributed by atoms with Gasteiger partial charge in [0, 0.05) is 28.8 Å². The Bertz CT molecular complexity index is 1430. The van der Waals surface area contributed by atoms with Crippen LogP contribution in [0.3, 0.4) is 0 Å². The fourth-order valence-electron chi connectivity index (χ4n) is 3.84. The Morgan fingerprint density at radius 2 is 1.86 bits per heavy atom. The monoisotopic (exact) mass is 511 g/mol. The molecular formula is C27H23ClFNO4S. The van der Waals surface area contributed by atoms with Crippen LogP contribution in [0.2, 0.25) is 5.02 Å². The second-order valence-electron chi connectivity index (χ2n) is 8.26. The number of benzene rings is 3. The Balaban J connectivity index is 1.45. The van der Waals surface area contributed by atoms with Gasteiger partial charge in [-0.15, -0.1) is 11.3 Å². The van der Waals surface area contributed by atoms with Gasteiger partial charge in [0.15, 0.2) is 0 Å². The molecular weight excluding hydrogens is 489 g/mol. The van der Waals surface area contributed by atoms with Crippen LogP contribution in [0, 0.1) is 19.7 Å². The number of thiophene rings is 1. The average Bonchev–Trinajstić information content (AvgIpc) is 3.12. The first-order valence-corrected chi connectivity index (χ1v) is 12.1. The molecule has 0 unspecified atom stereocenters. The van der Waals surface area contributed by atoms with Gasteiger partial charge in [-0.1, -0.05) is 17.7 Å². The number of hydrogen-bond donors (Lipinski definition) is 2. The van der Waals surface area contributed by atoms with Crippen LogP contribution in [-0.4, -0.2) is 17.0 Å². The number of fused-ring (bicyclic) bond motifs is 1. The highest BCUT2D eigenvalue weighted by atomic mass is 35.5. The predicted molar refractivity (Wildman–Crippen MR) is 136 cm³/mol. The standard InChI is InChI=1S/C27H23ClFNO4S/c1-15-9-21(6-3-18(15)4-8-25(31)32)34-22-11-17(10-20(29)13-22)14-30-27(33)26-16(2)23-12-19(28)5-7-24(23)35-26/h3,5-7,9-13H,4,8,14H2,1-2H3,(H,30,33)(H,31,32). The van der Waals surface area contributed by atoms with Crippen molar-refractivity contribution in [2.45, 2.75) is 33.2 Å². The lowest BCUT2D eigenvalue weighted by atomic mass is 10.0. The van der Waals surface area contributed by atoms with Crippen molar-refractivity contribution in [1.29, 1.82) is 0 Å². The maximum atomic E-state index is 14.3. The molecule has 1 amide bonds. The van der Waals surface area contributed by atoms with Gasteiger partial charge in [-0.05, 0) is 90.4 Å². The molecule has 4 aromatic rings. The number of carboxylic acid groups (broad SMARTS) is 1. The van der Waals surface area contributed by atoms with E-state index in [4.69, 9.17) is 21.4 Å². The normalized spacial score (nSPS) is 11.0. The molecule has 35 heavy (non-hydrogen) atoms. The molecule has 8 heteroatoms. The van der Waals surface area contributed by atoms with Crippen LogP contribution in [-0.2, 0) is 17.8 Å². The number of rotatable bonds is 8. The Kier molecular flexibility index (Phi) is 7.38. The lowest BCUT2D eigenvalue weighted by Crippen LogP contribution is -2.22. The maximum Gasteiger partial charge on any atom is 0.303 e. The van der Waals surface area contributed by atoms with Gasteiger partial charge >= 0.3 is 5.97 Å². The number of nitrogens with one attached hydrogen (secondary N) is 1. The van der Waals surface area contributed by atoms with E-state index in [-0.39, 0.29) is 18.9 Å². The molecule has 0 saturated heterocycles. The van der Waals surface area contributed by atoms with Crippen LogP contribution in [0.4, 0.5) is 4.39 Å². The van der Waals surface area contributed by atoms with Gasteiger partial charge in [0.05, 0.1) is 4.88 Å². The summed E-state index contributed by atoms with van der Waals surface area (Å²) in [6.07, 6.45) is 0.479. The zero-order chi connectivity index (χ0) is 25.1. The van der Waals surface area contributed by atoms with Crippen molar-refractivity contribution in [3.05, 3.63) is 92.6 Å². The first-order chi connectivity index (χ1) is 16.7. The summed E-state index contributed by atoms with van der Waals surface area (Å²) in [4.78, 5) is 24.2. The zero-order valence-corrected chi connectivity index (χ0v) is 20.7. The number of aliphatic carboxylic acids is 1. The van der Waals surface area contributed by atoms with Gasteiger partial charge in [0.2, 0.25) is 0 Å². The van der Waals surface area contributed by atoms with Gasteiger partial charge in [-0.3, -0.25) is 9.59 Å². The average molecular weight is 512 g/mol. The Labute approximate surface area is 211 Å². The summed E-state index contributed by atoms with van der Waals surface area (Å²) in [5, 5.41) is 13.3. The third-order valence-corrected chi connectivity index (χ3v) is 7.15. The third-order valence-electron chi connectivity index (χ3n) is 5.65. The van der Waals surface area contributed by atoms with E-state index in [1.807, 2.05) is 32.0 Å². The molecule has 1 aromatic heterocycles. The topological polar surface area (TPSA) is 75.6 Å². The molecule has 0 saturated carbocycles. The molecule has 0 bridgehead atoms. The van der Waals surface area contributed by atoms with Crippen molar-refractivity contribution in [2.24, 2.45) is 0 Å². The van der Waals surface area contributed by atoms with Crippen molar-refractivity contribution in [3.63, 3.8) is 0 Å². The van der Waals surface area contributed by atoms with E-state index < -0.39 is 11.8 Å². The fourth-order valence-corrected chi connectivity index (χ4v) is 5.12. The molecule has 2 N–H and O–H groups in total. The molecule has 180 valence electrons. The number of halogens is 2. The number of hydrogen-bond acceptors (Lipinski definition) is 4. The van der Waals surface area contributed by atoms with Gasteiger partial charge in [-0.25, -0.2) is 4.39 Å². The molecule has 3 aromatic carbocycles. The molecule has 0 aliphatic carbocycles. The van der Waals surface area contributed by atoms with Gasteiger partial charge < -0.3 is 15.2 Å². The van der Waals surface area contributed by atoms with Crippen LogP contribution in [0.25, 0.3) is 10.1 Å². The second kappa shape index (κ2) is 10.5. The van der Waals surface area contributed by atoms with Crippen molar-refractivity contribution in [2.75, 3.05) is 0 Å². The summed E-state index contributed by atoms with van der Waals surface area (Å²) in [7, 11) is 0. The zero-order valence-electron chi connectivity index (χ0n) is 19.2. The van der Waals surface area contributed by atoms with Gasteiger partial charge in [0.1, 0.15) is 17.3 Å². The van der Waals surface area contributed by atoms with E-state index in [0.29, 0.717) is 33.4 Å². The van der Waals surface area contributed by atoms with Gasteiger partial charge in [-0.2, -0.15) is 0 Å². The maximum absolute atomic E-state index is 14.3. The number of amides is 1. The first-order valence-electron chi connectivity index (χ1n) is 10.9. The molecule has 0 aliphatic heterocycles. The summed E-state index contributed by atoms with van der Waals surface area (Å²) in [5.74, 6) is -0.745. The predicted octanol–water partition coefficient (Wildman–Crippen LogP) is 7.05. The number of carbonyl (C=O) groups is 2. The molecule has 0 fully saturated rings. The lowest BCUT2D eigenvalue weighted by Gasteiger charge is -2.11. The molecule has 5 nitrogen and oxygen atoms in total. The van der Waals surface area contributed by atoms with Crippen molar-refractivity contribution in [3.8, 4) is 11.5 Å². The highest BCUT2D eigenvalue weighted by Gasteiger charge is 2.16. The van der Waals surface area contributed by atoms with Crippen LogP contribution < -0.4 is 10.1 Å². The Morgan fingerprint density at radius 1 is 1.06 bits per heavy atom. The molecule has 0 spiro atoms. The van der Waals surface area contributed by atoms with Crippen LogP contribution in [0.15, 0.2) is 54.6 Å². The van der Waals surface area contributed by atoms with Crippen LogP contribution >= 0.6 is 22.9 Å². The van der Waals surface area contributed by atoms with E-state index >= 15 is 0 Å². The SMILES string of the molecule is Cc1cc(Oc2cc(F)cc(CNC(=O)c3sc4ccc(Cl)cc4c3C)c2)ccc1CCC(=O)O. The molecule has 1 heterocycles. The van der Waals surface area contributed by atoms with E-state index in [2.05, 4.69) is 5.32 Å². The number of ether oxygens (including phenoxy) is 1. The quantitative estimate of drug-likeness (QED) is 0.266. The smallest absolute Gasteiger partial charge is 0.303 e. The first kappa shape index (κ1) is 24.7. The second-order valence-corrected chi connectivity index (χ2v) is 9.75. The van der Waals surface area contributed by atoms with E-state index in [0.717, 1.165) is 26.8 Å². The minimum absolute atomic E-state index is 0.0504. The summed E-state index contributed by atoms with van der Waals surface area (Å²) in [6.45, 7) is 3.89. The summed E-state index contributed by atoms with van der Waals surface area (Å²) >= 11 is 7.47. The Hall–Kier alpha value is -3.42. The lowest BCUT2D eigenvalue weighted by molar-refractivity contribution is -0.136. The molecule has 0 atom stereocenters. The molecule has 4 rings (SSSR count). The van der Waals surface area contributed by atoms with E-state index in [1.54, 1.807) is 24.3 Å². The van der Waals surface area contributed by atoms with E-state index in [9.17, 15) is 14.0 Å². The molecule has 0 aliphatic rings. The summed E-state index contributed by atoms with van der Waals surface area (Å²) < 4.78 is 21.1. The van der Waals surface area contributed by atoms with Crippen LogP contribution in [0.1, 0.15) is 38.3 Å². The van der Waals surface area contributed by atoms with Crippen LogP contribution in [0.5, 0.6) is 11.5 Å².